The van der Waals surface area contributed by atoms with Crippen LogP contribution in [0.3, 0.4) is 0 Å². The lowest BCUT2D eigenvalue weighted by Crippen LogP contribution is -1.95. The molecule has 2 nitrogen and oxygen atoms in total. The summed E-state index contributed by atoms with van der Waals surface area (Å²) in [4.78, 5) is 9.06. The smallest absolute Gasteiger partial charge is 0.132 e. The maximum atomic E-state index is 13.4. The summed E-state index contributed by atoms with van der Waals surface area (Å²) < 4.78 is 13.4. The Bertz CT molecular complexity index is 801. The largest absolute Gasteiger partial charge is 0.241 e. The van der Waals surface area contributed by atoms with Crippen LogP contribution in [0, 0.1) is 5.82 Å². The second-order valence-electron chi connectivity index (χ2n) is 5.67. The van der Waals surface area contributed by atoms with E-state index in [0.29, 0.717) is 11.8 Å². The molecule has 0 radical (unpaired) electrons. The summed E-state index contributed by atoms with van der Waals surface area (Å²) in [6, 6.07) is 18.8. The van der Waals surface area contributed by atoms with Crippen molar-refractivity contribution in [3.05, 3.63) is 84.1 Å². The maximum Gasteiger partial charge on any atom is 0.132 e. The molecule has 1 aromatic heterocycles. The van der Waals surface area contributed by atoms with Crippen molar-refractivity contribution in [2.24, 2.45) is 0 Å². The van der Waals surface area contributed by atoms with Crippen molar-refractivity contribution < 1.29 is 4.39 Å². The third-order valence-corrected chi connectivity index (χ3v) is 4.14. The number of halogens is 1. The zero-order chi connectivity index (χ0) is 14.9. The number of hydrogen-bond donors (Lipinski definition) is 0. The quantitative estimate of drug-likeness (QED) is 0.707. The lowest BCUT2D eigenvalue weighted by Gasteiger charge is -2.04. The fourth-order valence-electron chi connectivity index (χ4n) is 2.91. The van der Waals surface area contributed by atoms with Gasteiger partial charge in [-0.05, 0) is 36.1 Å². The van der Waals surface area contributed by atoms with Crippen LogP contribution in [0.5, 0.6) is 0 Å². The summed E-state index contributed by atoms with van der Waals surface area (Å²) in [6.07, 6.45) is 2.85. The summed E-state index contributed by atoms with van der Waals surface area (Å²) >= 11 is 0. The number of aromatic nitrogens is 2. The Morgan fingerprint density at radius 3 is 2.59 bits per heavy atom. The molecule has 1 heterocycles. The number of nitrogens with zero attached hydrogens (tertiary/aromatic N) is 2. The van der Waals surface area contributed by atoms with Gasteiger partial charge in [0, 0.05) is 17.7 Å². The van der Waals surface area contributed by atoms with Gasteiger partial charge >= 0.3 is 0 Å². The molecule has 0 saturated heterocycles. The molecule has 0 N–H and O–H groups in total. The van der Waals surface area contributed by atoms with Crippen LogP contribution in [0.2, 0.25) is 0 Å². The van der Waals surface area contributed by atoms with Crippen LogP contribution in [0.1, 0.15) is 29.6 Å². The zero-order valence-electron chi connectivity index (χ0n) is 12.0. The molecule has 3 heteroatoms. The summed E-state index contributed by atoms with van der Waals surface area (Å²) in [5.74, 6) is 1.49. The van der Waals surface area contributed by atoms with Gasteiger partial charge in [0.15, 0.2) is 0 Å². The molecule has 2 aromatic carbocycles. The first-order valence-corrected chi connectivity index (χ1v) is 7.45. The van der Waals surface area contributed by atoms with E-state index in [2.05, 4.69) is 34.2 Å². The van der Waals surface area contributed by atoms with E-state index in [0.717, 1.165) is 23.5 Å². The minimum absolute atomic E-state index is 0.244. The molecule has 1 fully saturated rings. The Morgan fingerprint density at radius 1 is 0.909 bits per heavy atom. The lowest BCUT2D eigenvalue weighted by atomic mass is 10.1. The van der Waals surface area contributed by atoms with E-state index in [9.17, 15) is 4.39 Å². The molecule has 4 rings (SSSR count). The third-order valence-electron chi connectivity index (χ3n) is 4.14. The van der Waals surface area contributed by atoms with Gasteiger partial charge in [-0.1, -0.05) is 42.5 Å². The Hall–Kier alpha value is -2.55. The Morgan fingerprint density at radius 2 is 1.77 bits per heavy atom. The van der Waals surface area contributed by atoms with Crippen molar-refractivity contribution in [1.82, 2.24) is 9.97 Å². The van der Waals surface area contributed by atoms with E-state index in [1.807, 2.05) is 18.2 Å². The minimum atomic E-state index is -0.244. The van der Waals surface area contributed by atoms with Gasteiger partial charge in [-0.25, -0.2) is 14.4 Å². The van der Waals surface area contributed by atoms with Crippen LogP contribution in [-0.4, -0.2) is 9.97 Å². The molecular weight excluding hydrogens is 275 g/mol. The summed E-state index contributed by atoms with van der Waals surface area (Å²) in [6.45, 7) is 0. The first-order valence-electron chi connectivity index (χ1n) is 7.45. The molecule has 3 aromatic rings. The molecule has 1 aliphatic rings. The standard InChI is InChI=1S/C19H15FN2/c20-15-8-4-7-14(11-15)18-9-10-21-19(22-18)17-12-16(17)13-5-2-1-3-6-13/h1-11,16-17H,12H2/t16-,17+/m0/s1. The summed E-state index contributed by atoms with van der Waals surface area (Å²) in [5.41, 5.74) is 2.91. The van der Waals surface area contributed by atoms with Gasteiger partial charge < -0.3 is 0 Å². The first-order chi connectivity index (χ1) is 10.8. The Kier molecular flexibility index (Phi) is 3.19. The predicted octanol–water partition coefficient (Wildman–Crippen LogP) is 4.55. The predicted molar refractivity (Wildman–Crippen MR) is 84.0 cm³/mol. The molecule has 108 valence electrons. The van der Waals surface area contributed by atoms with Crippen molar-refractivity contribution in [2.45, 2.75) is 18.3 Å². The van der Waals surface area contributed by atoms with Crippen molar-refractivity contribution in [1.29, 1.82) is 0 Å². The van der Waals surface area contributed by atoms with Gasteiger partial charge in [0.1, 0.15) is 11.6 Å². The molecule has 1 saturated carbocycles. The summed E-state index contributed by atoms with van der Waals surface area (Å²) in [5, 5.41) is 0. The van der Waals surface area contributed by atoms with Crippen LogP contribution in [0.4, 0.5) is 4.39 Å². The molecule has 0 bridgehead atoms. The normalized spacial score (nSPS) is 19.9. The minimum Gasteiger partial charge on any atom is -0.241 e. The van der Waals surface area contributed by atoms with Crippen LogP contribution < -0.4 is 0 Å². The SMILES string of the molecule is Fc1cccc(-c2ccnc([C@@H]3C[C@H]3c3ccccc3)n2)c1. The Balaban J connectivity index is 1.61. The number of hydrogen-bond acceptors (Lipinski definition) is 2. The van der Waals surface area contributed by atoms with Gasteiger partial charge in [0.2, 0.25) is 0 Å². The zero-order valence-corrected chi connectivity index (χ0v) is 12.0. The molecule has 1 aliphatic carbocycles. The Labute approximate surface area is 128 Å². The van der Waals surface area contributed by atoms with Gasteiger partial charge in [0.05, 0.1) is 5.69 Å². The van der Waals surface area contributed by atoms with E-state index in [1.54, 1.807) is 12.3 Å². The molecule has 22 heavy (non-hydrogen) atoms. The number of rotatable bonds is 3. The molecule has 2 atom stereocenters. The van der Waals surface area contributed by atoms with Crippen molar-refractivity contribution in [3.8, 4) is 11.3 Å². The maximum absolute atomic E-state index is 13.4. The molecule has 0 amide bonds. The van der Waals surface area contributed by atoms with E-state index in [4.69, 9.17) is 0 Å². The van der Waals surface area contributed by atoms with E-state index in [1.165, 1.54) is 17.7 Å². The van der Waals surface area contributed by atoms with Crippen LogP contribution in [-0.2, 0) is 0 Å². The monoisotopic (exact) mass is 290 g/mol. The third kappa shape index (κ3) is 2.50. The fourth-order valence-corrected chi connectivity index (χ4v) is 2.91. The van der Waals surface area contributed by atoms with Crippen molar-refractivity contribution >= 4 is 0 Å². The molecular formula is C19H15FN2. The highest BCUT2D eigenvalue weighted by Crippen LogP contribution is 2.53. The highest BCUT2D eigenvalue weighted by Gasteiger charge is 2.41. The van der Waals surface area contributed by atoms with Gasteiger partial charge in [-0.15, -0.1) is 0 Å². The second-order valence-corrected chi connectivity index (χ2v) is 5.67. The second kappa shape index (κ2) is 5.34. The van der Waals surface area contributed by atoms with Crippen LogP contribution in [0.25, 0.3) is 11.3 Å². The fraction of sp³-hybridized carbons (Fsp3) is 0.158. The average Bonchev–Trinajstić information content (AvgIpc) is 3.37. The topological polar surface area (TPSA) is 25.8 Å². The van der Waals surface area contributed by atoms with Crippen LogP contribution in [0.15, 0.2) is 66.9 Å². The van der Waals surface area contributed by atoms with Crippen LogP contribution >= 0.6 is 0 Å². The van der Waals surface area contributed by atoms with E-state index >= 15 is 0 Å². The van der Waals surface area contributed by atoms with Gasteiger partial charge in [-0.3, -0.25) is 0 Å². The number of benzene rings is 2. The van der Waals surface area contributed by atoms with Crippen molar-refractivity contribution in [3.63, 3.8) is 0 Å². The summed E-state index contributed by atoms with van der Waals surface area (Å²) in [7, 11) is 0. The molecule has 0 spiro atoms. The van der Waals surface area contributed by atoms with E-state index < -0.39 is 0 Å². The lowest BCUT2D eigenvalue weighted by molar-refractivity contribution is 0.628. The first kappa shape index (κ1) is 13.1. The van der Waals surface area contributed by atoms with Crippen molar-refractivity contribution in [2.75, 3.05) is 0 Å². The molecule has 0 unspecified atom stereocenters. The average molecular weight is 290 g/mol. The van der Waals surface area contributed by atoms with Gasteiger partial charge in [0.25, 0.3) is 0 Å². The van der Waals surface area contributed by atoms with Gasteiger partial charge in [-0.2, -0.15) is 0 Å². The highest BCUT2D eigenvalue weighted by molar-refractivity contribution is 5.58. The molecule has 0 aliphatic heterocycles. The van der Waals surface area contributed by atoms with E-state index in [-0.39, 0.29) is 5.82 Å². The highest BCUT2D eigenvalue weighted by atomic mass is 19.1.